The van der Waals surface area contributed by atoms with Gasteiger partial charge in [0.25, 0.3) is 0 Å². The van der Waals surface area contributed by atoms with Crippen LogP contribution in [0.5, 0.6) is 5.75 Å². The Hall–Kier alpha value is -2.69. The van der Waals surface area contributed by atoms with Gasteiger partial charge in [-0.15, -0.1) is 0 Å². The van der Waals surface area contributed by atoms with Gasteiger partial charge >= 0.3 is 0 Å². The van der Waals surface area contributed by atoms with Gasteiger partial charge in [0.15, 0.2) is 0 Å². The van der Waals surface area contributed by atoms with Crippen LogP contribution in [-0.4, -0.2) is 70.1 Å². The number of hydrogen-bond donors (Lipinski definition) is 1. The van der Waals surface area contributed by atoms with E-state index in [0.29, 0.717) is 51.4 Å². The highest BCUT2D eigenvalue weighted by Crippen LogP contribution is 2.25. The Balaban J connectivity index is 1.26. The summed E-state index contributed by atoms with van der Waals surface area (Å²) >= 11 is 0. The van der Waals surface area contributed by atoms with Crippen molar-refractivity contribution in [2.24, 2.45) is 5.92 Å². The molecule has 2 saturated heterocycles. The summed E-state index contributed by atoms with van der Waals surface area (Å²) in [5.74, 6) is 1.27. The maximum absolute atomic E-state index is 12.9. The first-order valence-electron chi connectivity index (χ1n) is 11.2. The van der Waals surface area contributed by atoms with Crippen LogP contribution in [0.25, 0.3) is 0 Å². The van der Waals surface area contributed by atoms with Gasteiger partial charge in [-0.25, -0.2) is 13.4 Å². The fourth-order valence-corrected chi connectivity index (χ4v) is 5.56. The third kappa shape index (κ3) is 5.63. The van der Waals surface area contributed by atoms with Gasteiger partial charge in [-0.2, -0.15) is 4.31 Å². The van der Waals surface area contributed by atoms with Gasteiger partial charge < -0.3 is 19.7 Å². The van der Waals surface area contributed by atoms with Crippen molar-refractivity contribution in [3.05, 3.63) is 48.2 Å². The van der Waals surface area contributed by atoms with Crippen LogP contribution in [-0.2, 0) is 26.1 Å². The molecule has 0 bridgehead atoms. The lowest BCUT2D eigenvalue weighted by atomic mass is 9.97. The van der Waals surface area contributed by atoms with Crippen molar-refractivity contribution < 1.29 is 22.7 Å². The molecule has 1 aromatic carbocycles. The molecule has 33 heavy (non-hydrogen) atoms. The second-order valence-electron chi connectivity index (χ2n) is 8.20. The predicted octanol–water partition coefficient (Wildman–Crippen LogP) is 1.64. The Morgan fingerprint density at radius 2 is 1.79 bits per heavy atom. The lowest BCUT2D eigenvalue weighted by molar-refractivity contribution is -0.126. The van der Waals surface area contributed by atoms with Crippen LogP contribution in [0.1, 0.15) is 18.4 Å². The Morgan fingerprint density at radius 3 is 2.39 bits per heavy atom. The number of carbonyl (C=O) groups is 1. The van der Waals surface area contributed by atoms with E-state index in [0.717, 1.165) is 24.5 Å². The van der Waals surface area contributed by atoms with Gasteiger partial charge in [0, 0.05) is 44.8 Å². The first kappa shape index (κ1) is 23.5. The van der Waals surface area contributed by atoms with Crippen LogP contribution < -0.4 is 15.0 Å². The molecule has 4 rings (SSSR count). The smallest absolute Gasteiger partial charge is 0.243 e. The SMILES string of the molecule is COc1ccc(S(=O)(=O)N2CCC(C(=O)NCc3ccc(N4CCOCC4)nc3)CC2)cc1. The molecule has 0 aliphatic carbocycles. The molecule has 0 unspecified atom stereocenters. The van der Waals surface area contributed by atoms with Crippen molar-refractivity contribution in [1.29, 1.82) is 0 Å². The molecular weight excluding hydrogens is 444 g/mol. The molecule has 178 valence electrons. The van der Waals surface area contributed by atoms with Crippen molar-refractivity contribution in [2.45, 2.75) is 24.3 Å². The van der Waals surface area contributed by atoms with E-state index in [9.17, 15) is 13.2 Å². The Bertz CT molecular complexity index is 1030. The molecule has 2 fully saturated rings. The largest absolute Gasteiger partial charge is 0.497 e. The van der Waals surface area contributed by atoms with Crippen LogP contribution in [0.3, 0.4) is 0 Å². The van der Waals surface area contributed by atoms with Crippen LogP contribution in [0.2, 0.25) is 0 Å². The van der Waals surface area contributed by atoms with Crippen LogP contribution in [0.4, 0.5) is 5.82 Å². The number of ether oxygens (including phenoxy) is 2. The van der Waals surface area contributed by atoms with E-state index >= 15 is 0 Å². The number of hydrogen-bond acceptors (Lipinski definition) is 7. The number of nitrogens with one attached hydrogen (secondary N) is 1. The average molecular weight is 475 g/mol. The zero-order chi connectivity index (χ0) is 23.3. The fraction of sp³-hybridized carbons (Fsp3) is 0.478. The number of methoxy groups -OCH3 is 1. The molecule has 2 aliphatic heterocycles. The molecule has 10 heteroatoms. The summed E-state index contributed by atoms with van der Waals surface area (Å²) < 4.78 is 37.7. The van der Waals surface area contributed by atoms with Crippen LogP contribution >= 0.6 is 0 Å². The van der Waals surface area contributed by atoms with Crippen molar-refractivity contribution in [1.82, 2.24) is 14.6 Å². The zero-order valence-electron chi connectivity index (χ0n) is 18.8. The summed E-state index contributed by atoms with van der Waals surface area (Å²) in [6.45, 7) is 4.12. The molecule has 0 atom stereocenters. The number of aromatic nitrogens is 1. The molecule has 0 saturated carbocycles. The zero-order valence-corrected chi connectivity index (χ0v) is 19.6. The van der Waals surface area contributed by atoms with Gasteiger partial charge in [0.2, 0.25) is 15.9 Å². The number of amides is 1. The topological polar surface area (TPSA) is 101 Å². The van der Waals surface area contributed by atoms with E-state index < -0.39 is 10.0 Å². The second kappa shape index (κ2) is 10.5. The lowest BCUT2D eigenvalue weighted by Gasteiger charge is -2.30. The van der Waals surface area contributed by atoms with Crippen molar-refractivity contribution >= 4 is 21.7 Å². The highest BCUT2D eigenvalue weighted by molar-refractivity contribution is 7.89. The van der Waals surface area contributed by atoms with E-state index in [4.69, 9.17) is 9.47 Å². The minimum Gasteiger partial charge on any atom is -0.497 e. The molecule has 9 nitrogen and oxygen atoms in total. The molecule has 1 amide bonds. The summed E-state index contributed by atoms with van der Waals surface area (Å²) in [5, 5.41) is 2.97. The van der Waals surface area contributed by atoms with Gasteiger partial charge in [-0.3, -0.25) is 4.79 Å². The first-order valence-corrected chi connectivity index (χ1v) is 12.6. The Morgan fingerprint density at radius 1 is 1.09 bits per heavy atom. The standard InChI is InChI=1S/C23H30N4O5S/c1-31-20-3-5-21(6-4-20)33(29,30)27-10-8-19(9-11-27)23(28)25-17-18-2-7-22(24-16-18)26-12-14-32-15-13-26/h2-7,16,19H,8-15,17H2,1H3,(H,25,28). The number of carbonyl (C=O) groups excluding carboxylic acids is 1. The van der Waals surface area contributed by atoms with Crippen molar-refractivity contribution in [3.8, 4) is 5.75 Å². The molecule has 0 spiro atoms. The first-order chi connectivity index (χ1) is 16.0. The number of rotatable bonds is 7. The van der Waals surface area contributed by atoms with Gasteiger partial charge in [0.1, 0.15) is 11.6 Å². The van der Waals surface area contributed by atoms with E-state index in [-0.39, 0.29) is 16.7 Å². The van der Waals surface area contributed by atoms with Crippen molar-refractivity contribution in [3.63, 3.8) is 0 Å². The maximum Gasteiger partial charge on any atom is 0.243 e. The van der Waals surface area contributed by atoms with Crippen LogP contribution in [0, 0.1) is 5.92 Å². The third-order valence-corrected chi connectivity index (χ3v) is 8.05. The second-order valence-corrected chi connectivity index (χ2v) is 10.1. The summed E-state index contributed by atoms with van der Waals surface area (Å²) in [5.41, 5.74) is 0.930. The average Bonchev–Trinajstić information content (AvgIpc) is 2.88. The minimum absolute atomic E-state index is 0.0475. The number of anilines is 1. The number of sulfonamides is 1. The highest BCUT2D eigenvalue weighted by Gasteiger charge is 2.32. The maximum atomic E-state index is 12.9. The monoisotopic (exact) mass is 474 g/mol. The molecule has 0 radical (unpaired) electrons. The highest BCUT2D eigenvalue weighted by atomic mass is 32.2. The van der Waals surface area contributed by atoms with Gasteiger partial charge in [-0.05, 0) is 48.7 Å². The third-order valence-electron chi connectivity index (χ3n) is 6.13. The number of piperidine rings is 1. The van der Waals surface area contributed by atoms with E-state index in [1.165, 1.54) is 11.4 Å². The summed E-state index contributed by atoms with van der Waals surface area (Å²) in [6, 6.07) is 10.3. The summed E-state index contributed by atoms with van der Waals surface area (Å²) in [4.78, 5) is 19.6. The molecule has 3 heterocycles. The van der Waals surface area contributed by atoms with Crippen molar-refractivity contribution in [2.75, 3.05) is 51.4 Å². The van der Waals surface area contributed by atoms with E-state index in [2.05, 4.69) is 15.2 Å². The van der Waals surface area contributed by atoms with E-state index in [1.54, 1.807) is 30.5 Å². The molecule has 1 aromatic heterocycles. The normalized spacial score (nSPS) is 18.2. The molecule has 1 N–H and O–H groups in total. The van der Waals surface area contributed by atoms with Gasteiger partial charge in [-0.1, -0.05) is 6.07 Å². The Kier molecular flexibility index (Phi) is 7.46. The number of benzene rings is 1. The molecular formula is C23H30N4O5S. The summed E-state index contributed by atoms with van der Waals surface area (Å²) in [6.07, 6.45) is 2.78. The Labute approximate surface area is 194 Å². The molecule has 2 aromatic rings. The minimum atomic E-state index is -3.58. The van der Waals surface area contributed by atoms with Crippen LogP contribution in [0.15, 0.2) is 47.5 Å². The number of pyridine rings is 1. The number of nitrogens with zero attached hydrogens (tertiary/aromatic N) is 3. The summed E-state index contributed by atoms with van der Waals surface area (Å²) in [7, 11) is -2.04. The number of morpholine rings is 1. The van der Waals surface area contributed by atoms with Gasteiger partial charge in [0.05, 0.1) is 25.2 Å². The van der Waals surface area contributed by atoms with E-state index in [1.807, 2.05) is 12.1 Å². The molecule has 2 aliphatic rings. The predicted molar refractivity (Wildman–Crippen MR) is 124 cm³/mol. The fourth-order valence-electron chi connectivity index (χ4n) is 4.09. The quantitative estimate of drug-likeness (QED) is 0.651. The lowest BCUT2D eigenvalue weighted by Crippen LogP contribution is -2.42.